The summed E-state index contributed by atoms with van der Waals surface area (Å²) in [7, 11) is 0. The molecule has 0 N–H and O–H groups in total. The largest absolute Gasteiger partial charge is 0.286 e. The molecule has 0 saturated heterocycles. The lowest BCUT2D eigenvalue weighted by Crippen LogP contribution is -2.23. The first-order valence-electron chi connectivity index (χ1n) is 5.82. The molecule has 0 spiro atoms. The Kier molecular flexibility index (Phi) is 3.53. The third kappa shape index (κ3) is 2.33. The van der Waals surface area contributed by atoms with Gasteiger partial charge in [0, 0.05) is 0 Å². The Labute approximate surface area is 128 Å². The molecule has 100 valence electrons. The third-order valence-corrected chi connectivity index (χ3v) is 5.11. The molecule has 0 atom stereocenters. The summed E-state index contributed by atoms with van der Waals surface area (Å²) in [6.45, 7) is 0. The maximum Gasteiger partial charge on any atom is 0.286 e. The number of para-hydroxylation sites is 1. The number of thioether (sulfide) groups is 2. The van der Waals surface area contributed by atoms with Gasteiger partial charge in [0.25, 0.3) is 5.56 Å². The average molecular weight is 310 g/mol. The lowest BCUT2D eigenvalue weighted by atomic mass is 10.3. The zero-order valence-corrected chi connectivity index (χ0v) is 12.1. The summed E-state index contributed by atoms with van der Waals surface area (Å²) in [6.07, 6.45) is 1.55. The van der Waals surface area contributed by atoms with Gasteiger partial charge in [0.15, 0.2) is 0 Å². The van der Waals surface area contributed by atoms with E-state index in [0.717, 1.165) is 23.5 Å². The van der Waals surface area contributed by atoms with Crippen LogP contribution in [0, 0.1) is 22.7 Å². The number of hydrogen-bond acceptors (Lipinski definition) is 6. The molecule has 7 heteroatoms. The Morgan fingerprint density at radius 2 is 1.71 bits per heavy atom. The van der Waals surface area contributed by atoms with Crippen LogP contribution >= 0.6 is 23.5 Å². The Morgan fingerprint density at radius 1 is 1.05 bits per heavy atom. The van der Waals surface area contributed by atoms with Crippen LogP contribution in [0.3, 0.4) is 0 Å². The second-order valence-corrected chi connectivity index (χ2v) is 6.05. The fourth-order valence-electron chi connectivity index (χ4n) is 1.79. The van der Waals surface area contributed by atoms with E-state index in [1.807, 2.05) is 30.3 Å². The summed E-state index contributed by atoms with van der Waals surface area (Å²) in [5, 5.41) is 22.2. The maximum atomic E-state index is 12.5. The molecule has 0 unspecified atom stereocenters. The lowest BCUT2D eigenvalue weighted by Gasteiger charge is -2.14. The van der Waals surface area contributed by atoms with Gasteiger partial charge < -0.3 is 0 Å². The molecule has 3 rings (SSSR count). The van der Waals surface area contributed by atoms with Crippen molar-refractivity contribution in [3.8, 4) is 17.8 Å². The van der Waals surface area contributed by atoms with Crippen LogP contribution in [-0.2, 0) is 0 Å². The molecule has 1 aromatic heterocycles. The van der Waals surface area contributed by atoms with Gasteiger partial charge in [-0.1, -0.05) is 41.7 Å². The second-order valence-electron chi connectivity index (χ2n) is 3.98. The van der Waals surface area contributed by atoms with Crippen molar-refractivity contribution in [3.05, 3.63) is 56.7 Å². The van der Waals surface area contributed by atoms with E-state index in [9.17, 15) is 4.79 Å². The molecule has 2 heterocycles. The summed E-state index contributed by atoms with van der Waals surface area (Å²) in [4.78, 5) is 14.1. The van der Waals surface area contributed by atoms with Crippen molar-refractivity contribution in [2.75, 3.05) is 0 Å². The fourth-order valence-corrected chi connectivity index (χ4v) is 3.69. The molecule has 5 nitrogen and oxygen atoms in total. The van der Waals surface area contributed by atoms with Crippen LogP contribution in [0.15, 0.2) is 60.9 Å². The number of benzene rings is 1. The molecular formula is C14H6N4OS2. The molecule has 1 aliphatic rings. The third-order valence-electron chi connectivity index (χ3n) is 2.73. The summed E-state index contributed by atoms with van der Waals surface area (Å²) >= 11 is 2.13. The van der Waals surface area contributed by atoms with E-state index in [-0.39, 0.29) is 10.5 Å². The van der Waals surface area contributed by atoms with Crippen molar-refractivity contribution < 1.29 is 0 Å². The number of rotatable bonds is 1. The van der Waals surface area contributed by atoms with Gasteiger partial charge in [0.05, 0.1) is 21.7 Å². The quantitative estimate of drug-likeness (QED) is 0.805. The number of hydrogen-bond donors (Lipinski definition) is 0. The molecule has 2 aromatic rings. The molecule has 0 saturated carbocycles. The van der Waals surface area contributed by atoms with E-state index in [1.165, 1.54) is 4.68 Å². The number of allylic oxidation sites excluding steroid dienone is 2. The van der Waals surface area contributed by atoms with E-state index in [4.69, 9.17) is 10.5 Å². The van der Waals surface area contributed by atoms with Crippen LogP contribution < -0.4 is 5.56 Å². The van der Waals surface area contributed by atoms with Gasteiger partial charge in [-0.3, -0.25) is 4.79 Å². The van der Waals surface area contributed by atoms with Crippen LogP contribution in [0.2, 0.25) is 0 Å². The van der Waals surface area contributed by atoms with E-state index in [1.54, 1.807) is 18.3 Å². The van der Waals surface area contributed by atoms with Gasteiger partial charge in [-0.15, -0.1) is 0 Å². The van der Waals surface area contributed by atoms with Gasteiger partial charge in [0.2, 0.25) is 0 Å². The number of fused-ring (bicyclic) bond motifs is 1. The number of aromatic nitrogens is 2. The van der Waals surface area contributed by atoms with Gasteiger partial charge in [-0.2, -0.15) is 20.3 Å². The molecular weight excluding hydrogens is 304 g/mol. The van der Waals surface area contributed by atoms with Crippen molar-refractivity contribution in [2.45, 2.75) is 9.79 Å². The molecule has 0 radical (unpaired) electrons. The van der Waals surface area contributed by atoms with E-state index in [2.05, 4.69) is 5.10 Å². The van der Waals surface area contributed by atoms with Crippen LogP contribution in [-0.4, -0.2) is 9.78 Å². The van der Waals surface area contributed by atoms with Crippen molar-refractivity contribution in [1.82, 2.24) is 9.78 Å². The SMILES string of the molecule is N#CC1=C(C#N)Sc2c(cnn(-c3ccccc3)c2=O)S1. The predicted molar refractivity (Wildman–Crippen MR) is 79.8 cm³/mol. The number of nitrogens with zero attached hydrogens (tertiary/aromatic N) is 4. The smallest absolute Gasteiger partial charge is 0.266 e. The van der Waals surface area contributed by atoms with Crippen molar-refractivity contribution >= 4 is 23.5 Å². The van der Waals surface area contributed by atoms with Crippen molar-refractivity contribution in [3.63, 3.8) is 0 Å². The van der Waals surface area contributed by atoms with Gasteiger partial charge >= 0.3 is 0 Å². The molecule has 0 bridgehead atoms. The lowest BCUT2D eigenvalue weighted by molar-refractivity contribution is 0.756. The highest BCUT2D eigenvalue weighted by Gasteiger charge is 2.24. The van der Waals surface area contributed by atoms with Crippen LogP contribution in [0.5, 0.6) is 0 Å². The fraction of sp³-hybridized carbons (Fsp3) is 0. The van der Waals surface area contributed by atoms with Crippen molar-refractivity contribution in [1.29, 1.82) is 10.5 Å². The first kappa shape index (κ1) is 13.5. The highest BCUT2D eigenvalue weighted by molar-refractivity contribution is 8.09. The minimum Gasteiger partial charge on any atom is -0.266 e. The molecule has 1 aliphatic heterocycles. The minimum absolute atomic E-state index is 0.248. The summed E-state index contributed by atoms with van der Waals surface area (Å²) in [5.41, 5.74) is 0.366. The summed E-state index contributed by atoms with van der Waals surface area (Å²) in [6, 6.07) is 13.0. The highest BCUT2D eigenvalue weighted by atomic mass is 32.2. The molecule has 0 amide bonds. The minimum atomic E-state index is -0.291. The molecule has 1 aromatic carbocycles. The van der Waals surface area contributed by atoms with E-state index >= 15 is 0 Å². The molecule has 21 heavy (non-hydrogen) atoms. The van der Waals surface area contributed by atoms with Crippen LogP contribution in [0.4, 0.5) is 0 Å². The second kappa shape index (κ2) is 5.49. The van der Waals surface area contributed by atoms with Gasteiger partial charge in [-0.05, 0) is 12.1 Å². The first-order valence-corrected chi connectivity index (χ1v) is 7.46. The predicted octanol–water partition coefficient (Wildman–Crippen LogP) is 2.69. The standard InChI is InChI=1S/C14H6N4OS2/c15-6-10-11(7-16)21-13-12(20-10)8-17-18(14(13)19)9-4-2-1-3-5-9/h1-5,8H. The average Bonchev–Trinajstić information content (AvgIpc) is 2.55. The Balaban J connectivity index is 2.15. The molecule has 0 aliphatic carbocycles. The van der Waals surface area contributed by atoms with Gasteiger partial charge in [0.1, 0.15) is 21.9 Å². The van der Waals surface area contributed by atoms with Gasteiger partial charge in [-0.25, -0.2) is 0 Å². The van der Waals surface area contributed by atoms with E-state index in [0.29, 0.717) is 20.4 Å². The Morgan fingerprint density at radius 3 is 2.38 bits per heavy atom. The molecule has 0 fully saturated rings. The van der Waals surface area contributed by atoms with Crippen molar-refractivity contribution in [2.24, 2.45) is 0 Å². The Hall–Kier alpha value is -2.48. The highest BCUT2D eigenvalue weighted by Crippen LogP contribution is 2.44. The zero-order valence-electron chi connectivity index (χ0n) is 10.5. The Bertz CT molecular complexity index is 888. The summed E-state index contributed by atoms with van der Waals surface area (Å²) in [5.74, 6) is 0. The topological polar surface area (TPSA) is 82.5 Å². The van der Waals surface area contributed by atoms with E-state index < -0.39 is 0 Å². The maximum absolute atomic E-state index is 12.5. The number of nitriles is 2. The first-order chi connectivity index (χ1) is 10.2. The summed E-state index contributed by atoms with van der Waals surface area (Å²) < 4.78 is 1.29. The van der Waals surface area contributed by atoms with Crippen LogP contribution in [0.25, 0.3) is 5.69 Å². The van der Waals surface area contributed by atoms with Crippen LogP contribution in [0.1, 0.15) is 0 Å². The zero-order chi connectivity index (χ0) is 14.8. The monoisotopic (exact) mass is 310 g/mol. The normalized spacial score (nSPS) is 13.2.